The molecule has 0 saturated heterocycles. The van der Waals surface area contributed by atoms with Gasteiger partial charge < -0.3 is 24.6 Å². The number of hydrogen-bond donors (Lipinski definition) is 2. The quantitative estimate of drug-likeness (QED) is 0.251. The molecule has 0 aliphatic carbocycles. The van der Waals surface area contributed by atoms with Gasteiger partial charge in [0.15, 0.2) is 11.5 Å². The van der Waals surface area contributed by atoms with Crippen molar-refractivity contribution in [1.82, 2.24) is 5.32 Å². The summed E-state index contributed by atoms with van der Waals surface area (Å²) in [5.41, 5.74) is 3.46. The minimum atomic E-state index is -1.18. The fourth-order valence-corrected chi connectivity index (χ4v) is 3.72. The molecule has 0 saturated carbocycles. The Hall–Kier alpha value is -4.78. The molecule has 7 heteroatoms. The molecule has 7 nitrogen and oxygen atoms in total. The van der Waals surface area contributed by atoms with Crippen LogP contribution in [-0.2, 0) is 35.8 Å². The molecular weight excluding hydrogens is 482 g/mol. The van der Waals surface area contributed by atoms with Crippen molar-refractivity contribution in [2.75, 3.05) is 0 Å². The smallest absolute Gasteiger partial charge is 0.408 e. The van der Waals surface area contributed by atoms with Crippen molar-refractivity contribution in [3.05, 3.63) is 131 Å². The molecule has 194 valence electrons. The van der Waals surface area contributed by atoms with E-state index < -0.39 is 18.1 Å². The summed E-state index contributed by atoms with van der Waals surface area (Å²) in [5.74, 6) is -0.147. The first-order chi connectivity index (χ1) is 18.6. The average molecular weight is 512 g/mol. The first-order valence-corrected chi connectivity index (χ1v) is 12.2. The van der Waals surface area contributed by atoms with E-state index in [0.29, 0.717) is 30.3 Å². The number of carboxylic acid groups (broad SMARTS) is 1. The van der Waals surface area contributed by atoms with Crippen LogP contribution >= 0.6 is 0 Å². The van der Waals surface area contributed by atoms with Crippen molar-refractivity contribution in [3.63, 3.8) is 0 Å². The predicted octanol–water partition coefficient (Wildman–Crippen LogP) is 5.77. The summed E-state index contributed by atoms with van der Waals surface area (Å²) < 4.78 is 17.3. The Bertz CT molecular complexity index is 1310. The van der Waals surface area contributed by atoms with Crippen molar-refractivity contribution in [2.24, 2.45) is 0 Å². The molecule has 0 radical (unpaired) electrons. The van der Waals surface area contributed by atoms with Crippen molar-refractivity contribution in [3.8, 4) is 11.5 Å². The molecule has 0 heterocycles. The molecule has 2 N–H and O–H groups in total. The lowest BCUT2D eigenvalue weighted by molar-refractivity contribution is -0.139. The van der Waals surface area contributed by atoms with Crippen LogP contribution in [0.25, 0.3) is 0 Å². The fraction of sp³-hybridized carbons (Fsp3) is 0.161. The second-order valence-corrected chi connectivity index (χ2v) is 8.63. The zero-order valence-electron chi connectivity index (χ0n) is 20.8. The van der Waals surface area contributed by atoms with Crippen LogP contribution < -0.4 is 14.8 Å². The zero-order chi connectivity index (χ0) is 26.6. The Balaban J connectivity index is 1.44. The molecule has 0 aliphatic rings. The molecule has 1 atom stereocenters. The number of carbonyl (C=O) groups is 2. The third-order valence-corrected chi connectivity index (χ3v) is 5.73. The third kappa shape index (κ3) is 8.13. The number of benzene rings is 4. The maximum atomic E-state index is 12.3. The minimum absolute atomic E-state index is 0.0381. The number of aliphatic carboxylic acids is 1. The van der Waals surface area contributed by atoms with E-state index >= 15 is 0 Å². The lowest BCUT2D eigenvalue weighted by atomic mass is 10.1. The van der Waals surface area contributed by atoms with E-state index in [2.05, 4.69) is 5.32 Å². The Morgan fingerprint density at radius 2 is 1.13 bits per heavy atom. The zero-order valence-corrected chi connectivity index (χ0v) is 20.8. The highest BCUT2D eigenvalue weighted by molar-refractivity contribution is 5.80. The summed E-state index contributed by atoms with van der Waals surface area (Å²) in [6, 6.07) is 32.7. The summed E-state index contributed by atoms with van der Waals surface area (Å²) >= 11 is 0. The number of alkyl carbamates (subject to hydrolysis) is 1. The number of carboxylic acids is 1. The largest absolute Gasteiger partial charge is 0.485 e. The predicted molar refractivity (Wildman–Crippen MR) is 143 cm³/mol. The number of ether oxygens (including phenoxy) is 3. The van der Waals surface area contributed by atoms with E-state index in [0.717, 1.165) is 16.7 Å². The molecule has 0 aliphatic heterocycles. The second kappa shape index (κ2) is 13.5. The Labute approximate surface area is 221 Å². The van der Waals surface area contributed by atoms with Gasteiger partial charge in [0.1, 0.15) is 25.9 Å². The monoisotopic (exact) mass is 511 g/mol. The molecule has 0 spiro atoms. The van der Waals surface area contributed by atoms with Gasteiger partial charge in [-0.05, 0) is 34.4 Å². The lowest BCUT2D eigenvalue weighted by Gasteiger charge is -2.17. The molecule has 0 bridgehead atoms. The first kappa shape index (κ1) is 26.3. The van der Waals surface area contributed by atoms with Gasteiger partial charge in [0, 0.05) is 6.42 Å². The van der Waals surface area contributed by atoms with Gasteiger partial charge in [-0.3, -0.25) is 0 Å². The van der Waals surface area contributed by atoms with E-state index in [-0.39, 0.29) is 13.0 Å². The number of carbonyl (C=O) groups excluding carboxylic acids is 1. The third-order valence-electron chi connectivity index (χ3n) is 5.73. The summed E-state index contributed by atoms with van der Waals surface area (Å²) in [6.07, 6.45) is -0.763. The van der Waals surface area contributed by atoms with Gasteiger partial charge in [0.25, 0.3) is 0 Å². The van der Waals surface area contributed by atoms with Crippen molar-refractivity contribution >= 4 is 12.1 Å². The summed E-state index contributed by atoms with van der Waals surface area (Å²) in [6.45, 7) is 0.719. The van der Waals surface area contributed by atoms with Crippen LogP contribution in [0.1, 0.15) is 22.3 Å². The number of hydrogen-bond acceptors (Lipinski definition) is 5. The van der Waals surface area contributed by atoms with Crippen LogP contribution in [-0.4, -0.2) is 23.2 Å². The van der Waals surface area contributed by atoms with E-state index in [1.807, 2.05) is 91.0 Å². The van der Waals surface area contributed by atoms with Crippen LogP contribution in [0.4, 0.5) is 4.79 Å². The van der Waals surface area contributed by atoms with Gasteiger partial charge in [0.2, 0.25) is 0 Å². The standard InChI is InChI=1S/C31H29NO6/c33-30(34)27(32-31(35)38-22-25-14-8-3-9-15-25)18-26-16-17-28(36-20-23-10-4-1-5-11-23)29(19-26)37-21-24-12-6-2-7-13-24/h1-17,19,27H,18,20-22H2,(H,32,35)(H,33,34)/t27-/m0/s1. The minimum Gasteiger partial charge on any atom is -0.485 e. The highest BCUT2D eigenvalue weighted by Gasteiger charge is 2.22. The number of nitrogens with one attached hydrogen (secondary N) is 1. The van der Waals surface area contributed by atoms with Gasteiger partial charge in [0.05, 0.1) is 0 Å². The van der Waals surface area contributed by atoms with Crippen LogP contribution in [0, 0.1) is 0 Å². The molecule has 0 aromatic heterocycles. The topological polar surface area (TPSA) is 94.1 Å². The maximum Gasteiger partial charge on any atom is 0.408 e. The SMILES string of the molecule is O=C(N[C@@H](Cc1ccc(OCc2ccccc2)c(OCc2ccccc2)c1)C(=O)O)OCc1ccccc1. The number of amides is 1. The lowest BCUT2D eigenvalue weighted by Crippen LogP contribution is -2.42. The van der Waals surface area contributed by atoms with Crippen LogP contribution in [0.3, 0.4) is 0 Å². The molecule has 4 aromatic rings. The Morgan fingerprint density at radius 1 is 0.632 bits per heavy atom. The summed E-state index contributed by atoms with van der Waals surface area (Å²) in [4.78, 5) is 24.2. The van der Waals surface area contributed by atoms with Crippen LogP contribution in [0.5, 0.6) is 11.5 Å². The number of rotatable bonds is 12. The molecule has 0 fully saturated rings. The molecular formula is C31H29NO6. The molecule has 4 aromatic carbocycles. The van der Waals surface area contributed by atoms with Crippen LogP contribution in [0.15, 0.2) is 109 Å². The van der Waals surface area contributed by atoms with Crippen molar-refractivity contribution in [2.45, 2.75) is 32.3 Å². The van der Waals surface area contributed by atoms with E-state index in [1.54, 1.807) is 18.2 Å². The molecule has 38 heavy (non-hydrogen) atoms. The highest BCUT2D eigenvalue weighted by Crippen LogP contribution is 2.30. The van der Waals surface area contributed by atoms with Gasteiger partial charge in [-0.25, -0.2) is 9.59 Å². The normalized spacial score (nSPS) is 11.3. The molecule has 1 amide bonds. The van der Waals surface area contributed by atoms with Gasteiger partial charge in [-0.1, -0.05) is 97.1 Å². The van der Waals surface area contributed by atoms with E-state index in [9.17, 15) is 14.7 Å². The molecule has 0 unspecified atom stereocenters. The van der Waals surface area contributed by atoms with Gasteiger partial charge in [-0.15, -0.1) is 0 Å². The van der Waals surface area contributed by atoms with Gasteiger partial charge >= 0.3 is 12.1 Å². The Kier molecular flexibility index (Phi) is 9.34. The van der Waals surface area contributed by atoms with Crippen LogP contribution in [0.2, 0.25) is 0 Å². The van der Waals surface area contributed by atoms with Gasteiger partial charge in [-0.2, -0.15) is 0 Å². The van der Waals surface area contributed by atoms with E-state index in [4.69, 9.17) is 14.2 Å². The highest BCUT2D eigenvalue weighted by atomic mass is 16.5. The Morgan fingerprint density at radius 3 is 1.66 bits per heavy atom. The summed E-state index contributed by atoms with van der Waals surface area (Å²) in [5, 5.41) is 12.2. The summed E-state index contributed by atoms with van der Waals surface area (Å²) in [7, 11) is 0. The van der Waals surface area contributed by atoms with E-state index in [1.165, 1.54) is 0 Å². The van der Waals surface area contributed by atoms with Crippen molar-refractivity contribution in [1.29, 1.82) is 0 Å². The molecule has 4 rings (SSSR count). The van der Waals surface area contributed by atoms with Crippen molar-refractivity contribution < 1.29 is 28.9 Å². The average Bonchev–Trinajstić information content (AvgIpc) is 2.95. The maximum absolute atomic E-state index is 12.3. The second-order valence-electron chi connectivity index (χ2n) is 8.63. The first-order valence-electron chi connectivity index (χ1n) is 12.2. The fourth-order valence-electron chi connectivity index (χ4n) is 3.72.